The van der Waals surface area contributed by atoms with E-state index in [1.165, 1.54) is 0 Å². The zero-order chi connectivity index (χ0) is 39.5. The zero-order valence-corrected chi connectivity index (χ0v) is 33.9. The number of carbonyl (C=O) groups excluding carboxylic acids is 2. The number of imidazole rings is 2. The number of hydrogen-bond acceptors (Lipinski definition) is 8. The third kappa shape index (κ3) is 9.57. The van der Waals surface area contributed by atoms with E-state index < -0.39 is 11.2 Å². The molecule has 2 amide bonds. The summed E-state index contributed by atoms with van der Waals surface area (Å²) in [4.78, 5) is 46.4. The number of benzene rings is 2. The van der Waals surface area contributed by atoms with Gasteiger partial charge < -0.3 is 28.9 Å². The van der Waals surface area contributed by atoms with E-state index in [9.17, 15) is 9.59 Å². The highest BCUT2D eigenvalue weighted by atomic mass is 16.6. The monoisotopic (exact) mass is 766 g/mol. The Labute approximate surface area is 330 Å². The van der Waals surface area contributed by atoms with Crippen molar-refractivity contribution in [2.45, 2.75) is 129 Å². The molecule has 0 aliphatic carbocycles. The van der Waals surface area contributed by atoms with Crippen LogP contribution < -0.4 is 4.74 Å². The first-order valence-corrected chi connectivity index (χ1v) is 20.4. The number of likely N-dealkylation sites (tertiary alicyclic amines) is 2. The fourth-order valence-electron chi connectivity index (χ4n) is 7.81. The molecule has 12 nitrogen and oxygen atoms in total. The molecule has 2 fully saturated rings. The highest BCUT2D eigenvalue weighted by molar-refractivity contribution is 5.76. The molecule has 0 saturated carbocycles. The van der Waals surface area contributed by atoms with Gasteiger partial charge in [-0.05, 0) is 96.0 Å². The number of rotatable bonds is 3. The van der Waals surface area contributed by atoms with E-state index in [-0.39, 0.29) is 30.4 Å². The first-order chi connectivity index (χ1) is 26.8. The number of ether oxygens (including phenoxy) is 4. The van der Waals surface area contributed by atoms with Crippen LogP contribution in [0.4, 0.5) is 9.59 Å². The van der Waals surface area contributed by atoms with Gasteiger partial charge in [-0.25, -0.2) is 19.6 Å². The van der Waals surface area contributed by atoms with Gasteiger partial charge in [-0.2, -0.15) is 0 Å². The molecule has 56 heavy (non-hydrogen) atoms. The SMILES string of the molecule is CC(C)(C)OC(=O)N1CCC[C@H]1c1ncc(-c2ccc(-c3ccc4c(c3)OCCCCCCCCO[C@H]3C[C@@H](c5ncc-4[nH]5)N(C(=O)OC(C)(C)C)C3)cc2)[nH]1. The summed E-state index contributed by atoms with van der Waals surface area (Å²) in [7, 11) is 0. The molecule has 0 radical (unpaired) electrons. The van der Waals surface area contributed by atoms with Crippen molar-refractivity contribution in [3.05, 3.63) is 66.5 Å². The van der Waals surface area contributed by atoms with Crippen molar-refractivity contribution in [3.63, 3.8) is 0 Å². The minimum Gasteiger partial charge on any atom is -0.493 e. The predicted octanol–water partition coefficient (Wildman–Crippen LogP) is 10.0. The molecule has 4 aromatic rings. The van der Waals surface area contributed by atoms with E-state index in [4.69, 9.17) is 23.9 Å². The molecular formula is C44H58N6O6. The molecule has 3 atom stereocenters. The Kier molecular flexibility index (Phi) is 11.8. The molecule has 5 heterocycles. The largest absolute Gasteiger partial charge is 0.493 e. The average Bonchev–Trinajstić information content (AvgIpc) is 3.97. The van der Waals surface area contributed by atoms with Crippen molar-refractivity contribution in [2.75, 3.05) is 26.3 Å². The molecule has 2 saturated heterocycles. The van der Waals surface area contributed by atoms with Crippen molar-refractivity contribution in [1.29, 1.82) is 0 Å². The second kappa shape index (κ2) is 16.7. The topological polar surface area (TPSA) is 135 Å². The van der Waals surface area contributed by atoms with E-state index in [1.807, 2.05) is 53.9 Å². The van der Waals surface area contributed by atoms with Gasteiger partial charge >= 0.3 is 12.2 Å². The molecule has 4 bridgehead atoms. The van der Waals surface area contributed by atoms with Gasteiger partial charge in [0.05, 0.1) is 55.1 Å². The Hall–Kier alpha value is -4.84. The highest BCUT2D eigenvalue weighted by Gasteiger charge is 2.41. The summed E-state index contributed by atoms with van der Waals surface area (Å²) in [6.45, 7) is 13.7. The van der Waals surface area contributed by atoms with Crippen LogP contribution in [0.1, 0.15) is 123 Å². The molecule has 300 valence electrons. The Morgan fingerprint density at radius 1 is 0.696 bits per heavy atom. The molecule has 2 aromatic carbocycles. The fourth-order valence-corrected chi connectivity index (χ4v) is 7.81. The zero-order valence-electron chi connectivity index (χ0n) is 33.9. The molecule has 12 heteroatoms. The second-order valence-electron chi connectivity index (χ2n) is 17.3. The quantitative estimate of drug-likeness (QED) is 0.210. The normalized spacial score (nSPS) is 21.1. The number of nitrogens with zero attached hydrogens (tertiary/aromatic N) is 4. The van der Waals surface area contributed by atoms with Crippen LogP contribution in [0.2, 0.25) is 0 Å². The van der Waals surface area contributed by atoms with Gasteiger partial charge in [0.15, 0.2) is 0 Å². The lowest BCUT2D eigenvalue weighted by atomic mass is 10.00. The molecular weight excluding hydrogens is 709 g/mol. The molecule has 7 rings (SSSR count). The van der Waals surface area contributed by atoms with E-state index in [0.29, 0.717) is 38.5 Å². The number of fused-ring (bicyclic) bond motifs is 7. The van der Waals surface area contributed by atoms with Gasteiger partial charge in [0.2, 0.25) is 0 Å². The van der Waals surface area contributed by atoms with Crippen molar-refractivity contribution < 1.29 is 28.5 Å². The number of hydrogen-bond donors (Lipinski definition) is 2. The van der Waals surface area contributed by atoms with E-state index in [1.54, 1.807) is 9.80 Å². The van der Waals surface area contributed by atoms with Gasteiger partial charge in [-0.1, -0.05) is 56.0 Å². The van der Waals surface area contributed by atoms with Crippen LogP contribution in [-0.2, 0) is 14.2 Å². The van der Waals surface area contributed by atoms with Crippen LogP contribution in [0.15, 0.2) is 54.9 Å². The minimum atomic E-state index is -0.611. The third-order valence-corrected chi connectivity index (χ3v) is 10.5. The Morgan fingerprint density at radius 3 is 2.00 bits per heavy atom. The lowest BCUT2D eigenvalue weighted by Crippen LogP contribution is -2.37. The summed E-state index contributed by atoms with van der Waals surface area (Å²) in [6, 6.07) is 14.3. The van der Waals surface area contributed by atoms with Crippen molar-refractivity contribution in [1.82, 2.24) is 29.7 Å². The maximum absolute atomic E-state index is 13.4. The van der Waals surface area contributed by atoms with Crippen LogP contribution in [0.5, 0.6) is 5.75 Å². The van der Waals surface area contributed by atoms with Crippen LogP contribution in [-0.4, -0.2) is 85.5 Å². The first-order valence-electron chi connectivity index (χ1n) is 20.4. The second-order valence-corrected chi connectivity index (χ2v) is 17.3. The lowest BCUT2D eigenvalue weighted by molar-refractivity contribution is 0.0159. The first kappa shape index (κ1) is 39.4. The van der Waals surface area contributed by atoms with Crippen LogP contribution >= 0.6 is 0 Å². The summed E-state index contributed by atoms with van der Waals surface area (Å²) in [5.41, 5.74) is 4.57. The number of aromatic nitrogens is 4. The Balaban J connectivity index is 1.11. The summed E-state index contributed by atoms with van der Waals surface area (Å²) in [5.74, 6) is 2.26. The maximum atomic E-state index is 13.4. The molecule has 2 aromatic heterocycles. The minimum absolute atomic E-state index is 0.0818. The predicted molar refractivity (Wildman–Crippen MR) is 215 cm³/mol. The summed E-state index contributed by atoms with van der Waals surface area (Å²) in [6.07, 6.45) is 11.8. The molecule has 2 N–H and O–H groups in total. The summed E-state index contributed by atoms with van der Waals surface area (Å²) < 4.78 is 24.3. The summed E-state index contributed by atoms with van der Waals surface area (Å²) in [5, 5.41) is 0. The van der Waals surface area contributed by atoms with Gasteiger partial charge in [0.1, 0.15) is 28.6 Å². The number of carbonyl (C=O) groups is 2. The Bertz CT molecular complexity index is 1960. The number of H-pyrrole nitrogens is 2. The van der Waals surface area contributed by atoms with Gasteiger partial charge in [0, 0.05) is 25.1 Å². The van der Waals surface area contributed by atoms with E-state index >= 15 is 0 Å². The summed E-state index contributed by atoms with van der Waals surface area (Å²) >= 11 is 0. The molecule has 3 aliphatic heterocycles. The van der Waals surface area contributed by atoms with E-state index in [2.05, 4.69) is 57.4 Å². The van der Waals surface area contributed by atoms with Crippen molar-refractivity contribution >= 4 is 12.2 Å². The number of amides is 2. The molecule has 0 unspecified atom stereocenters. The number of nitrogens with one attached hydrogen (secondary N) is 2. The Morgan fingerprint density at radius 2 is 1.29 bits per heavy atom. The molecule has 3 aliphatic rings. The smallest absolute Gasteiger partial charge is 0.411 e. The van der Waals surface area contributed by atoms with Gasteiger partial charge in [0.25, 0.3) is 0 Å². The van der Waals surface area contributed by atoms with Crippen molar-refractivity contribution in [3.8, 4) is 39.4 Å². The standard InChI is InChI=1S/C44H58N6O6/c1-43(2,3)55-41(51)49-21-13-14-36(49)39-45-26-34(47-39)30-17-15-29(16-18-30)31-19-20-33-35-27-46-40(48-35)37-25-32(28-50(37)42(52)56-44(4,5)6)53-22-11-9-7-8-10-12-23-54-38(33)24-31/h15-20,24,26-27,32,36-37H,7-14,21-23,25,28H2,1-6H3,(H,45,47)(H,46,48)/t32-,36-,37-/m0/s1. The highest BCUT2D eigenvalue weighted by Crippen LogP contribution is 2.39. The average molecular weight is 767 g/mol. The molecule has 0 spiro atoms. The fraction of sp³-hybridized carbons (Fsp3) is 0.545. The third-order valence-electron chi connectivity index (χ3n) is 10.5. The van der Waals surface area contributed by atoms with Crippen LogP contribution in [0.3, 0.4) is 0 Å². The maximum Gasteiger partial charge on any atom is 0.411 e. The van der Waals surface area contributed by atoms with E-state index in [0.717, 1.165) is 96.6 Å². The van der Waals surface area contributed by atoms with Gasteiger partial charge in [-0.3, -0.25) is 9.80 Å². The van der Waals surface area contributed by atoms with Crippen LogP contribution in [0.25, 0.3) is 33.6 Å². The lowest BCUT2D eigenvalue weighted by Gasteiger charge is -2.27. The van der Waals surface area contributed by atoms with Gasteiger partial charge in [-0.15, -0.1) is 0 Å². The number of aromatic amines is 2. The van der Waals surface area contributed by atoms with Crippen molar-refractivity contribution in [2.24, 2.45) is 0 Å². The van der Waals surface area contributed by atoms with Crippen LogP contribution in [0, 0.1) is 0 Å².